The maximum absolute atomic E-state index is 2.38. The first kappa shape index (κ1) is 15.5. The van der Waals surface area contributed by atoms with E-state index in [1.807, 2.05) is 11.8 Å². The topological polar surface area (TPSA) is 6.48 Å². The largest absolute Gasteiger partial charge is 0.303 e. The lowest BCUT2D eigenvalue weighted by molar-refractivity contribution is 0.320. The predicted molar refractivity (Wildman–Crippen MR) is 83.3 cm³/mol. The van der Waals surface area contributed by atoms with Crippen LogP contribution in [0, 0.1) is 0 Å². The van der Waals surface area contributed by atoms with Gasteiger partial charge in [0.15, 0.2) is 0 Å². The third-order valence-electron chi connectivity index (χ3n) is 3.37. The van der Waals surface area contributed by atoms with Crippen molar-refractivity contribution in [2.24, 2.45) is 0 Å². The van der Waals surface area contributed by atoms with Crippen molar-refractivity contribution in [2.75, 3.05) is 39.7 Å². The molecule has 1 aromatic rings. The van der Waals surface area contributed by atoms with Gasteiger partial charge in [-0.25, -0.2) is 0 Å². The lowest BCUT2D eigenvalue weighted by Gasteiger charge is -2.21. The van der Waals surface area contributed by atoms with Crippen LogP contribution in [-0.2, 0) is 6.54 Å². The molecule has 0 bridgehead atoms. The summed E-state index contributed by atoms with van der Waals surface area (Å²) in [6.45, 7) is 4.42. The van der Waals surface area contributed by atoms with E-state index in [0.29, 0.717) is 6.04 Å². The number of thioether (sulfide) groups is 1. The highest BCUT2D eigenvalue weighted by Gasteiger charge is 2.07. The van der Waals surface area contributed by atoms with E-state index in [9.17, 15) is 0 Å². The molecule has 0 unspecified atom stereocenters. The van der Waals surface area contributed by atoms with E-state index >= 15 is 0 Å². The Bertz CT molecular complexity index is 335. The first-order chi connectivity index (χ1) is 8.54. The summed E-state index contributed by atoms with van der Waals surface area (Å²) in [5, 5.41) is 0. The van der Waals surface area contributed by atoms with Crippen molar-refractivity contribution in [3.63, 3.8) is 0 Å². The molecule has 0 fully saturated rings. The first-order valence-electron chi connectivity index (χ1n) is 6.47. The van der Waals surface area contributed by atoms with Crippen LogP contribution in [0.4, 0.5) is 0 Å². The molecule has 3 heteroatoms. The minimum atomic E-state index is 0.480. The smallest absolute Gasteiger partial charge is 0.0313 e. The molecule has 0 aromatic heterocycles. The van der Waals surface area contributed by atoms with E-state index in [4.69, 9.17) is 0 Å². The molecule has 0 radical (unpaired) electrons. The Kier molecular flexibility index (Phi) is 6.76. The van der Waals surface area contributed by atoms with E-state index in [0.717, 1.165) is 13.1 Å². The van der Waals surface area contributed by atoms with Crippen LogP contribution in [0.2, 0.25) is 0 Å². The second-order valence-electron chi connectivity index (χ2n) is 5.11. The van der Waals surface area contributed by atoms with E-state index < -0.39 is 0 Å². The molecule has 2 nitrogen and oxygen atoms in total. The molecule has 0 aliphatic heterocycles. The lowest BCUT2D eigenvalue weighted by Crippen LogP contribution is -2.20. The van der Waals surface area contributed by atoms with Crippen molar-refractivity contribution in [1.29, 1.82) is 0 Å². The molecule has 1 rings (SSSR count). The van der Waals surface area contributed by atoms with Crippen molar-refractivity contribution < 1.29 is 0 Å². The van der Waals surface area contributed by atoms with E-state index in [2.05, 4.69) is 68.4 Å². The van der Waals surface area contributed by atoms with Gasteiger partial charge in [-0.05, 0) is 45.4 Å². The van der Waals surface area contributed by atoms with Crippen LogP contribution in [0.5, 0.6) is 0 Å². The molecule has 0 saturated heterocycles. The molecular formula is C15H26N2S. The summed E-state index contributed by atoms with van der Waals surface area (Å²) in [5.74, 6) is 1.20. The average molecular weight is 266 g/mol. The summed E-state index contributed by atoms with van der Waals surface area (Å²) in [5.41, 5.74) is 2.78. The molecule has 102 valence electrons. The van der Waals surface area contributed by atoms with Crippen LogP contribution in [-0.4, -0.2) is 49.5 Å². The number of hydrogen-bond donors (Lipinski definition) is 0. The van der Waals surface area contributed by atoms with Crippen LogP contribution >= 0.6 is 11.8 Å². The average Bonchev–Trinajstić information content (AvgIpc) is 2.36. The maximum Gasteiger partial charge on any atom is 0.0313 e. The fourth-order valence-corrected chi connectivity index (χ4v) is 2.33. The van der Waals surface area contributed by atoms with Gasteiger partial charge in [0.05, 0.1) is 0 Å². The van der Waals surface area contributed by atoms with Gasteiger partial charge in [-0.3, -0.25) is 0 Å². The summed E-state index contributed by atoms with van der Waals surface area (Å²) < 4.78 is 0. The third-order valence-corrected chi connectivity index (χ3v) is 3.96. The zero-order valence-corrected chi connectivity index (χ0v) is 13.1. The number of benzene rings is 1. The maximum atomic E-state index is 2.38. The van der Waals surface area contributed by atoms with Gasteiger partial charge in [0.25, 0.3) is 0 Å². The van der Waals surface area contributed by atoms with Gasteiger partial charge in [-0.1, -0.05) is 24.3 Å². The fraction of sp³-hybridized carbons (Fsp3) is 0.600. The Labute approximate surface area is 116 Å². The second kappa shape index (κ2) is 7.82. The molecule has 0 amide bonds. The lowest BCUT2D eigenvalue weighted by atomic mass is 10.1. The van der Waals surface area contributed by atoms with Gasteiger partial charge in [0.1, 0.15) is 0 Å². The summed E-state index contributed by atoms with van der Waals surface area (Å²) >= 11 is 1.90. The van der Waals surface area contributed by atoms with Crippen molar-refractivity contribution in [1.82, 2.24) is 9.80 Å². The van der Waals surface area contributed by atoms with Crippen molar-refractivity contribution in [3.05, 3.63) is 35.4 Å². The highest BCUT2D eigenvalue weighted by molar-refractivity contribution is 7.98. The summed E-state index contributed by atoms with van der Waals surface area (Å²) in [6.07, 6.45) is 2.16. The molecular weight excluding hydrogens is 240 g/mol. The van der Waals surface area contributed by atoms with Crippen molar-refractivity contribution >= 4 is 11.8 Å². The highest BCUT2D eigenvalue weighted by atomic mass is 32.2. The summed E-state index contributed by atoms with van der Waals surface area (Å²) in [6, 6.07) is 9.49. The van der Waals surface area contributed by atoms with Crippen LogP contribution < -0.4 is 0 Å². The molecule has 1 atom stereocenters. The normalized spacial score (nSPS) is 13.3. The summed E-state index contributed by atoms with van der Waals surface area (Å²) in [4.78, 5) is 4.61. The first-order valence-corrected chi connectivity index (χ1v) is 7.86. The molecule has 1 aromatic carbocycles. The number of rotatable bonds is 7. The zero-order chi connectivity index (χ0) is 13.5. The van der Waals surface area contributed by atoms with Crippen LogP contribution in [0.15, 0.2) is 24.3 Å². The molecule has 0 aliphatic rings. The van der Waals surface area contributed by atoms with Gasteiger partial charge in [-0.15, -0.1) is 0 Å². The van der Waals surface area contributed by atoms with Gasteiger partial charge < -0.3 is 9.80 Å². The van der Waals surface area contributed by atoms with E-state index in [1.54, 1.807) is 0 Å². The molecule has 18 heavy (non-hydrogen) atoms. The molecule has 0 N–H and O–H groups in total. The number of hydrogen-bond acceptors (Lipinski definition) is 3. The van der Waals surface area contributed by atoms with Crippen molar-refractivity contribution in [3.8, 4) is 0 Å². The van der Waals surface area contributed by atoms with Gasteiger partial charge >= 0.3 is 0 Å². The minimum Gasteiger partial charge on any atom is -0.303 e. The molecule has 0 saturated carbocycles. The molecule has 0 aliphatic carbocycles. The number of nitrogens with zero attached hydrogens (tertiary/aromatic N) is 2. The van der Waals surface area contributed by atoms with Crippen LogP contribution in [0.3, 0.4) is 0 Å². The Hall–Kier alpha value is -0.510. The fourth-order valence-electron chi connectivity index (χ4n) is 1.84. The third kappa shape index (κ3) is 5.01. The monoisotopic (exact) mass is 266 g/mol. The van der Waals surface area contributed by atoms with Gasteiger partial charge in [0, 0.05) is 24.9 Å². The summed E-state index contributed by atoms with van der Waals surface area (Å²) in [7, 11) is 6.43. The molecule has 0 spiro atoms. The van der Waals surface area contributed by atoms with Crippen LogP contribution in [0.25, 0.3) is 0 Å². The standard InChI is InChI=1S/C15H26N2S/c1-13(16(2)3)15-8-6-14(7-9-15)12-17(4)10-11-18-5/h6-9,13H,10-12H2,1-5H3/t13-/m1/s1. The van der Waals surface area contributed by atoms with Gasteiger partial charge in [0.2, 0.25) is 0 Å². The molecule has 0 heterocycles. The Morgan fingerprint density at radius 2 is 1.72 bits per heavy atom. The SMILES string of the molecule is CSCCN(C)Cc1ccc([C@@H](C)N(C)C)cc1. The predicted octanol–water partition coefficient (Wildman–Crippen LogP) is 3.10. The van der Waals surface area contributed by atoms with E-state index in [-0.39, 0.29) is 0 Å². The second-order valence-corrected chi connectivity index (χ2v) is 6.10. The van der Waals surface area contributed by atoms with Gasteiger partial charge in [-0.2, -0.15) is 11.8 Å². The van der Waals surface area contributed by atoms with Crippen molar-refractivity contribution in [2.45, 2.75) is 19.5 Å². The quantitative estimate of drug-likeness (QED) is 0.749. The zero-order valence-electron chi connectivity index (χ0n) is 12.3. The van der Waals surface area contributed by atoms with Crippen LogP contribution in [0.1, 0.15) is 24.1 Å². The highest BCUT2D eigenvalue weighted by Crippen LogP contribution is 2.18. The Balaban J connectivity index is 2.55. The minimum absolute atomic E-state index is 0.480. The Morgan fingerprint density at radius 1 is 1.11 bits per heavy atom. The van der Waals surface area contributed by atoms with E-state index in [1.165, 1.54) is 16.9 Å². The Morgan fingerprint density at radius 3 is 2.22 bits per heavy atom.